The summed E-state index contributed by atoms with van der Waals surface area (Å²) in [6.45, 7) is 4.96. The van der Waals surface area contributed by atoms with Gasteiger partial charge in [0.15, 0.2) is 0 Å². The maximum atomic E-state index is 12.1. The molecule has 1 aliphatic carbocycles. The van der Waals surface area contributed by atoms with Crippen molar-refractivity contribution in [3.8, 4) is 0 Å². The number of pyridine rings is 1. The highest BCUT2D eigenvalue weighted by Gasteiger charge is 2.27. The molecule has 2 rings (SSSR count). The molecule has 0 unspecified atom stereocenters. The Labute approximate surface area is 102 Å². The predicted molar refractivity (Wildman–Crippen MR) is 68.1 cm³/mol. The van der Waals surface area contributed by atoms with Crippen LogP contribution in [0.5, 0.6) is 0 Å². The van der Waals surface area contributed by atoms with Gasteiger partial charge in [0.1, 0.15) is 5.82 Å². The van der Waals surface area contributed by atoms with E-state index < -0.39 is 0 Å². The molecule has 1 saturated carbocycles. The average Bonchev–Trinajstić information content (AvgIpc) is 2.28. The molecule has 0 aromatic carbocycles. The van der Waals surface area contributed by atoms with Gasteiger partial charge in [0.2, 0.25) is 0 Å². The Morgan fingerprint density at radius 3 is 2.94 bits per heavy atom. The van der Waals surface area contributed by atoms with E-state index in [4.69, 9.17) is 0 Å². The van der Waals surface area contributed by atoms with Crippen LogP contribution in [0.3, 0.4) is 0 Å². The third-order valence-electron chi connectivity index (χ3n) is 3.11. The SMILES string of the molecule is CCNc1ncccc1C(=O)NC1CC(C)C1. The molecular weight excluding hydrogens is 214 g/mol. The second kappa shape index (κ2) is 5.17. The highest BCUT2D eigenvalue weighted by molar-refractivity contribution is 5.98. The molecule has 0 aliphatic heterocycles. The molecule has 0 radical (unpaired) electrons. The zero-order valence-electron chi connectivity index (χ0n) is 10.4. The van der Waals surface area contributed by atoms with E-state index in [2.05, 4.69) is 22.5 Å². The molecule has 1 amide bonds. The van der Waals surface area contributed by atoms with Crippen LogP contribution in [0.25, 0.3) is 0 Å². The van der Waals surface area contributed by atoms with E-state index in [-0.39, 0.29) is 5.91 Å². The van der Waals surface area contributed by atoms with Crippen molar-refractivity contribution < 1.29 is 4.79 Å². The first kappa shape index (κ1) is 11.9. The van der Waals surface area contributed by atoms with Crippen molar-refractivity contribution in [3.63, 3.8) is 0 Å². The normalized spacial score (nSPS) is 22.7. The van der Waals surface area contributed by atoms with Crippen LogP contribution in [0.2, 0.25) is 0 Å². The fraction of sp³-hybridized carbons (Fsp3) is 0.538. The standard InChI is InChI=1S/C13H19N3O/c1-3-14-12-11(5-4-6-15-12)13(17)16-10-7-9(2)8-10/h4-6,9-10H,3,7-8H2,1-2H3,(H,14,15)(H,16,17). The van der Waals surface area contributed by atoms with Gasteiger partial charge >= 0.3 is 0 Å². The molecule has 0 spiro atoms. The van der Waals surface area contributed by atoms with Crippen LogP contribution in [0.15, 0.2) is 18.3 Å². The highest BCUT2D eigenvalue weighted by atomic mass is 16.1. The maximum Gasteiger partial charge on any atom is 0.255 e. The number of anilines is 1. The minimum Gasteiger partial charge on any atom is -0.370 e. The summed E-state index contributed by atoms with van der Waals surface area (Å²) in [4.78, 5) is 16.2. The Bertz CT molecular complexity index is 399. The van der Waals surface area contributed by atoms with Crippen molar-refractivity contribution in [3.05, 3.63) is 23.9 Å². The second-order valence-corrected chi connectivity index (χ2v) is 4.68. The minimum atomic E-state index is -0.0223. The fourth-order valence-corrected chi connectivity index (χ4v) is 2.18. The Balaban J connectivity index is 2.02. The van der Waals surface area contributed by atoms with Gasteiger partial charge in [-0.15, -0.1) is 0 Å². The Kier molecular flexibility index (Phi) is 3.61. The number of carbonyl (C=O) groups is 1. The van der Waals surface area contributed by atoms with E-state index in [9.17, 15) is 4.79 Å². The zero-order valence-corrected chi connectivity index (χ0v) is 10.4. The third kappa shape index (κ3) is 2.75. The number of hydrogen-bond donors (Lipinski definition) is 2. The minimum absolute atomic E-state index is 0.0223. The monoisotopic (exact) mass is 233 g/mol. The van der Waals surface area contributed by atoms with Crippen molar-refractivity contribution >= 4 is 11.7 Å². The molecule has 0 atom stereocenters. The topological polar surface area (TPSA) is 54.0 Å². The van der Waals surface area contributed by atoms with Gasteiger partial charge in [-0.05, 0) is 37.8 Å². The molecule has 92 valence electrons. The molecule has 1 fully saturated rings. The number of nitrogens with one attached hydrogen (secondary N) is 2. The van der Waals surface area contributed by atoms with Gasteiger partial charge in [-0.1, -0.05) is 6.92 Å². The van der Waals surface area contributed by atoms with Crippen molar-refractivity contribution in [1.29, 1.82) is 0 Å². The van der Waals surface area contributed by atoms with Crippen LogP contribution in [-0.2, 0) is 0 Å². The first-order valence-electron chi connectivity index (χ1n) is 6.20. The van der Waals surface area contributed by atoms with E-state index in [1.807, 2.05) is 13.0 Å². The second-order valence-electron chi connectivity index (χ2n) is 4.68. The summed E-state index contributed by atoms with van der Waals surface area (Å²) < 4.78 is 0. The maximum absolute atomic E-state index is 12.1. The van der Waals surface area contributed by atoms with Crippen molar-refractivity contribution in [2.24, 2.45) is 5.92 Å². The highest BCUT2D eigenvalue weighted by Crippen LogP contribution is 2.26. The number of carbonyl (C=O) groups excluding carboxylic acids is 1. The zero-order chi connectivity index (χ0) is 12.3. The summed E-state index contributed by atoms with van der Waals surface area (Å²) in [6.07, 6.45) is 3.87. The van der Waals surface area contributed by atoms with E-state index in [0.717, 1.165) is 25.3 Å². The third-order valence-corrected chi connectivity index (χ3v) is 3.11. The lowest BCUT2D eigenvalue weighted by atomic mass is 9.82. The molecule has 1 heterocycles. The fourth-order valence-electron chi connectivity index (χ4n) is 2.18. The Morgan fingerprint density at radius 2 is 2.29 bits per heavy atom. The lowest BCUT2D eigenvalue weighted by Crippen LogP contribution is -2.43. The first-order valence-corrected chi connectivity index (χ1v) is 6.20. The summed E-state index contributed by atoms with van der Waals surface area (Å²) in [5, 5.41) is 6.15. The molecule has 0 bridgehead atoms. The van der Waals surface area contributed by atoms with E-state index in [1.165, 1.54) is 0 Å². The number of hydrogen-bond acceptors (Lipinski definition) is 3. The van der Waals surface area contributed by atoms with Gasteiger partial charge in [-0.2, -0.15) is 0 Å². The van der Waals surface area contributed by atoms with Gasteiger partial charge < -0.3 is 10.6 Å². The van der Waals surface area contributed by atoms with E-state index in [0.29, 0.717) is 17.4 Å². The Hall–Kier alpha value is -1.58. The van der Waals surface area contributed by atoms with Crippen LogP contribution in [0.4, 0.5) is 5.82 Å². The number of rotatable bonds is 4. The first-order chi connectivity index (χ1) is 8.20. The number of aromatic nitrogens is 1. The lowest BCUT2D eigenvalue weighted by molar-refractivity contribution is 0.0896. The average molecular weight is 233 g/mol. The van der Waals surface area contributed by atoms with Crippen LogP contribution >= 0.6 is 0 Å². The molecule has 17 heavy (non-hydrogen) atoms. The van der Waals surface area contributed by atoms with Gasteiger partial charge in [0.25, 0.3) is 5.91 Å². The van der Waals surface area contributed by atoms with Gasteiger partial charge in [0, 0.05) is 18.8 Å². The molecule has 4 nitrogen and oxygen atoms in total. The quantitative estimate of drug-likeness (QED) is 0.836. The largest absolute Gasteiger partial charge is 0.370 e. The van der Waals surface area contributed by atoms with Crippen LogP contribution in [0.1, 0.15) is 37.0 Å². The molecule has 1 aliphatic rings. The number of amides is 1. The lowest BCUT2D eigenvalue weighted by Gasteiger charge is -2.33. The molecule has 1 aromatic heterocycles. The predicted octanol–water partition coefficient (Wildman–Crippen LogP) is 2.04. The van der Waals surface area contributed by atoms with Crippen LogP contribution in [0, 0.1) is 5.92 Å². The summed E-state index contributed by atoms with van der Waals surface area (Å²) in [5.74, 6) is 1.38. The van der Waals surface area contributed by atoms with Crippen molar-refractivity contribution in [1.82, 2.24) is 10.3 Å². The summed E-state index contributed by atoms with van der Waals surface area (Å²) in [7, 11) is 0. The van der Waals surface area contributed by atoms with E-state index >= 15 is 0 Å². The van der Waals surface area contributed by atoms with Crippen LogP contribution < -0.4 is 10.6 Å². The number of nitrogens with zero attached hydrogens (tertiary/aromatic N) is 1. The Morgan fingerprint density at radius 1 is 1.53 bits per heavy atom. The van der Waals surface area contributed by atoms with Gasteiger partial charge in [-0.25, -0.2) is 4.98 Å². The molecule has 1 aromatic rings. The van der Waals surface area contributed by atoms with Crippen molar-refractivity contribution in [2.45, 2.75) is 32.7 Å². The van der Waals surface area contributed by atoms with Gasteiger partial charge in [0.05, 0.1) is 5.56 Å². The van der Waals surface area contributed by atoms with Crippen LogP contribution in [-0.4, -0.2) is 23.5 Å². The van der Waals surface area contributed by atoms with Crippen molar-refractivity contribution in [2.75, 3.05) is 11.9 Å². The smallest absolute Gasteiger partial charge is 0.255 e. The molecule has 4 heteroatoms. The van der Waals surface area contributed by atoms with Gasteiger partial charge in [-0.3, -0.25) is 4.79 Å². The molecule has 0 saturated heterocycles. The molecule has 2 N–H and O–H groups in total. The molecular formula is C13H19N3O. The van der Waals surface area contributed by atoms with E-state index in [1.54, 1.807) is 12.3 Å². The summed E-state index contributed by atoms with van der Waals surface area (Å²) in [5.41, 5.74) is 0.633. The summed E-state index contributed by atoms with van der Waals surface area (Å²) >= 11 is 0. The summed E-state index contributed by atoms with van der Waals surface area (Å²) in [6, 6.07) is 3.94.